The Bertz CT molecular complexity index is 785. The lowest BCUT2D eigenvalue weighted by Gasteiger charge is -2.39. The summed E-state index contributed by atoms with van der Waals surface area (Å²) in [6.07, 6.45) is 3.32. The highest BCUT2D eigenvalue weighted by Crippen LogP contribution is 2.33. The van der Waals surface area contributed by atoms with E-state index in [2.05, 4.69) is 30.0 Å². The SMILES string of the molecule is CC(C(O)c1ccc2c(c1)CCCS2)N1CCN(C(=O)c2ccco2)CC1. The lowest BCUT2D eigenvalue weighted by Crippen LogP contribution is -2.52. The van der Waals surface area contributed by atoms with Crippen molar-refractivity contribution < 1.29 is 14.3 Å². The number of piperazine rings is 1. The molecule has 5 nitrogen and oxygen atoms in total. The van der Waals surface area contributed by atoms with E-state index < -0.39 is 6.10 Å². The zero-order valence-electron chi connectivity index (χ0n) is 15.6. The van der Waals surface area contributed by atoms with Crippen LogP contribution in [0.15, 0.2) is 45.9 Å². The molecule has 2 unspecified atom stereocenters. The normalized spacial score (nSPS) is 20.1. The molecule has 0 spiro atoms. The van der Waals surface area contributed by atoms with Crippen LogP contribution in [0.25, 0.3) is 0 Å². The van der Waals surface area contributed by atoms with Crippen LogP contribution in [0.2, 0.25) is 0 Å². The van der Waals surface area contributed by atoms with E-state index in [1.807, 2.05) is 16.7 Å². The summed E-state index contributed by atoms with van der Waals surface area (Å²) in [5, 5.41) is 10.9. The van der Waals surface area contributed by atoms with E-state index in [-0.39, 0.29) is 11.9 Å². The molecule has 2 aromatic rings. The van der Waals surface area contributed by atoms with E-state index in [0.29, 0.717) is 18.8 Å². The van der Waals surface area contributed by atoms with Crippen LogP contribution < -0.4 is 0 Å². The molecule has 1 amide bonds. The average Bonchev–Trinajstić information content (AvgIpc) is 3.27. The van der Waals surface area contributed by atoms with Gasteiger partial charge in [0, 0.05) is 37.1 Å². The van der Waals surface area contributed by atoms with Crippen LogP contribution in [0.1, 0.15) is 41.1 Å². The van der Waals surface area contributed by atoms with Gasteiger partial charge in [0.2, 0.25) is 0 Å². The molecule has 1 N–H and O–H groups in total. The number of amides is 1. The van der Waals surface area contributed by atoms with E-state index in [9.17, 15) is 9.90 Å². The van der Waals surface area contributed by atoms with Crippen LogP contribution in [0.4, 0.5) is 0 Å². The summed E-state index contributed by atoms with van der Waals surface area (Å²) < 4.78 is 5.22. The molecule has 1 fully saturated rings. The van der Waals surface area contributed by atoms with Gasteiger partial charge < -0.3 is 14.4 Å². The first-order valence-corrected chi connectivity index (χ1v) is 10.6. The van der Waals surface area contributed by atoms with Gasteiger partial charge in [-0.2, -0.15) is 0 Å². The zero-order chi connectivity index (χ0) is 18.8. The van der Waals surface area contributed by atoms with Crippen LogP contribution in [-0.2, 0) is 6.42 Å². The number of aliphatic hydroxyl groups is 1. The molecular formula is C21H26N2O3S. The number of aryl methyl sites for hydroxylation is 1. The van der Waals surface area contributed by atoms with E-state index in [0.717, 1.165) is 25.1 Å². The lowest BCUT2D eigenvalue weighted by atomic mass is 9.98. The fourth-order valence-corrected chi connectivity index (χ4v) is 4.95. The van der Waals surface area contributed by atoms with Gasteiger partial charge in [-0.25, -0.2) is 0 Å². The van der Waals surface area contributed by atoms with Crippen LogP contribution >= 0.6 is 11.8 Å². The van der Waals surface area contributed by atoms with E-state index in [1.165, 1.54) is 28.9 Å². The Hall–Kier alpha value is -1.76. The third-order valence-electron chi connectivity index (χ3n) is 5.64. The molecule has 1 aromatic heterocycles. The number of carbonyl (C=O) groups excluding carboxylic acids is 1. The van der Waals surface area contributed by atoms with E-state index >= 15 is 0 Å². The monoisotopic (exact) mass is 386 g/mol. The molecule has 27 heavy (non-hydrogen) atoms. The van der Waals surface area contributed by atoms with Crippen LogP contribution in [0.5, 0.6) is 0 Å². The Morgan fingerprint density at radius 3 is 2.78 bits per heavy atom. The number of fused-ring (bicyclic) bond motifs is 1. The Balaban J connectivity index is 1.37. The number of hydrogen-bond donors (Lipinski definition) is 1. The molecular weight excluding hydrogens is 360 g/mol. The number of hydrogen-bond acceptors (Lipinski definition) is 5. The molecule has 144 valence electrons. The minimum atomic E-state index is -0.519. The number of carbonyl (C=O) groups is 1. The van der Waals surface area contributed by atoms with Crippen LogP contribution in [0, 0.1) is 0 Å². The average molecular weight is 387 g/mol. The van der Waals surface area contributed by atoms with Crippen molar-refractivity contribution in [1.29, 1.82) is 0 Å². The maximum absolute atomic E-state index is 12.4. The standard InChI is InChI=1S/C21H26N2O3S/c1-15(20(24)17-6-7-19-16(14-17)4-3-13-27-19)22-8-10-23(11-9-22)21(25)18-5-2-12-26-18/h2,5-7,12,14-15,20,24H,3-4,8-11,13H2,1H3. The quantitative estimate of drug-likeness (QED) is 0.875. The van der Waals surface area contributed by atoms with Gasteiger partial charge in [-0.3, -0.25) is 9.69 Å². The van der Waals surface area contributed by atoms with Crippen molar-refractivity contribution in [2.24, 2.45) is 0 Å². The zero-order valence-corrected chi connectivity index (χ0v) is 16.5. The molecule has 2 aliphatic heterocycles. The number of aliphatic hydroxyl groups excluding tert-OH is 1. The number of rotatable bonds is 4. The van der Waals surface area contributed by atoms with Crippen LogP contribution in [-0.4, -0.2) is 58.8 Å². The third kappa shape index (κ3) is 3.93. The van der Waals surface area contributed by atoms with Crippen molar-refractivity contribution in [3.05, 3.63) is 53.5 Å². The van der Waals surface area contributed by atoms with Gasteiger partial charge in [0.25, 0.3) is 5.91 Å². The van der Waals surface area contributed by atoms with Crippen LogP contribution in [0.3, 0.4) is 0 Å². The first kappa shape index (κ1) is 18.6. The van der Waals surface area contributed by atoms with Crippen molar-refractivity contribution in [3.63, 3.8) is 0 Å². The fraction of sp³-hybridized carbons (Fsp3) is 0.476. The van der Waals surface area contributed by atoms with Gasteiger partial charge in [-0.05, 0) is 54.8 Å². The third-order valence-corrected chi connectivity index (χ3v) is 6.84. The van der Waals surface area contributed by atoms with Gasteiger partial charge in [0.1, 0.15) is 0 Å². The van der Waals surface area contributed by atoms with Gasteiger partial charge in [-0.15, -0.1) is 11.8 Å². The molecule has 2 atom stereocenters. The second-order valence-electron chi connectivity index (χ2n) is 7.31. The lowest BCUT2D eigenvalue weighted by molar-refractivity contribution is 0.0233. The first-order chi connectivity index (χ1) is 13.1. The van der Waals surface area contributed by atoms with Gasteiger partial charge in [0.15, 0.2) is 5.76 Å². The number of thioether (sulfide) groups is 1. The minimum Gasteiger partial charge on any atom is -0.459 e. The minimum absolute atomic E-state index is 0.0140. The molecule has 0 radical (unpaired) electrons. The molecule has 0 saturated carbocycles. The summed E-state index contributed by atoms with van der Waals surface area (Å²) in [7, 11) is 0. The Kier molecular flexibility index (Phi) is 5.57. The smallest absolute Gasteiger partial charge is 0.289 e. The second kappa shape index (κ2) is 8.09. The highest BCUT2D eigenvalue weighted by molar-refractivity contribution is 7.99. The van der Waals surface area contributed by atoms with Gasteiger partial charge in [0.05, 0.1) is 12.4 Å². The molecule has 1 aromatic carbocycles. The number of nitrogens with zero attached hydrogens (tertiary/aromatic N) is 2. The predicted molar refractivity (Wildman–Crippen MR) is 106 cm³/mol. The Labute approximate surface area is 164 Å². The molecule has 2 aliphatic rings. The summed E-state index contributed by atoms with van der Waals surface area (Å²) in [6.45, 7) is 4.88. The Morgan fingerprint density at radius 1 is 1.22 bits per heavy atom. The molecule has 3 heterocycles. The maximum atomic E-state index is 12.4. The van der Waals surface area contributed by atoms with Crippen molar-refractivity contribution in [1.82, 2.24) is 9.80 Å². The van der Waals surface area contributed by atoms with Crippen molar-refractivity contribution >= 4 is 17.7 Å². The molecule has 4 rings (SSSR count). The van der Waals surface area contributed by atoms with Crippen molar-refractivity contribution in [3.8, 4) is 0 Å². The summed E-state index contributed by atoms with van der Waals surface area (Å²) >= 11 is 1.91. The molecule has 6 heteroatoms. The van der Waals surface area contributed by atoms with E-state index in [1.54, 1.807) is 12.1 Å². The molecule has 0 bridgehead atoms. The number of benzene rings is 1. The summed E-state index contributed by atoms with van der Waals surface area (Å²) in [5.74, 6) is 1.52. The van der Waals surface area contributed by atoms with Crippen molar-refractivity contribution in [2.45, 2.75) is 36.8 Å². The molecule has 0 aliphatic carbocycles. The predicted octanol–water partition coefficient (Wildman–Crippen LogP) is 3.20. The van der Waals surface area contributed by atoms with Gasteiger partial charge >= 0.3 is 0 Å². The maximum Gasteiger partial charge on any atom is 0.289 e. The summed E-state index contributed by atoms with van der Waals surface area (Å²) in [4.78, 5) is 17.8. The van der Waals surface area contributed by atoms with Crippen molar-refractivity contribution in [2.75, 3.05) is 31.9 Å². The largest absolute Gasteiger partial charge is 0.459 e. The highest BCUT2D eigenvalue weighted by atomic mass is 32.2. The molecule has 1 saturated heterocycles. The summed E-state index contributed by atoms with van der Waals surface area (Å²) in [6, 6.07) is 9.85. The van der Waals surface area contributed by atoms with E-state index in [4.69, 9.17) is 4.42 Å². The highest BCUT2D eigenvalue weighted by Gasteiger charge is 2.29. The second-order valence-corrected chi connectivity index (χ2v) is 8.45. The topological polar surface area (TPSA) is 56.9 Å². The van der Waals surface area contributed by atoms with Gasteiger partial charge in [-0.1, -0.05) is 12.1 Å². The first-order valence-electron chi connectivity index (χ1n) is 9.64. The number of furan rings is 1. The Morgan fingerprint density at radius 2 is 2.04 bits per heavy atom. The summed E-state index contributed by atoms with van der Waals surface area (Å²) in [5.41, 5.74) is 2.36. The fourth-order valence-electron chi connectivity index (χ4n) is 3.93.